The zero-order valence-corrected chi connectivity index (χ0v) is 9.09. The summed E-state index contributed by atoms with van der Waals surface area (Å²) in [6.45, 7) is 1.27. The quantitative estimate of drug-likeness (QED) is 0.566. The van der Waals surface area contributed by atoms with Gasteiger partial charge in [0.2, 0.25) is 0 Å². The van der Waals surface area contributed by atoms with E-state index in [-0.39, 0.29) is 20.1 Å². The fraction of sp³-hybridized carbons (Fsp3) is 0.364. The van der Waals surface area contributed by atoms with Gasteiger partial charge in [-0.1, -0.05) is 12.1 Å². The van der Waals surface area contributed by atoms with Gasteiger partial charge in [0.15, 0.2) is 0 Å². The van der Waals surface area contributed by atoms with Crippen LogP contribution in [0.2, 0.25) is 0 Å². The Labute approximate surface area is 93.9 Å². The Morgan fingerprint density at radius 2 is 1.94 bits per heavy atom. The zero-order chi connectivity index (χ0) is 12.0. The number of hydrogen-bond donors (Lipinski definition) is 2. The van der Waals surface area contributed by atoms with Crippen LogP contribution in [0.15, 0.2) is 24.3 Å². The van der Waals surface area contributed by atoms with Crippen LogP contribution in [0.25, 0.3) is 0 Å². The summed E-state index contributed by atoms with van der Waals surface area (Å²) in [6.07, 6.45) is 0. The van der Waals surface area contributed by atoms with Crippen LogP contribution in [0.5, 0.6) is 0 Å². The van der Waals surface area contributed by atoms with E-state index < -0.39 is 5.97 Å². The summed E-state index contributed by atoms with van der Waals surface area (Å²) in [4.78, 5) is 12.8. The fourth-order valence-electron chi connectivity index (χ4n) is 1.33. The average Bonchev–Trinajstić information content (AvgIpc) is 2.31. The molecular formula is C11H15NO4. The van der Waals surface area contributed by atoms with Gasteiger partial charge in [0.1, 0.15) is 13.5 Å². The molecule has 0 bridgehead atoms. The van der Waals surface area contributed by atoms with E-state index in [9.17, 15) is 4.79 Å². The minimum absolute atomic E-state index is 0.283. The number of benzene rings is 1. The second-order valence-electron chi connectivity index (χ2n) is 3.06. The molecule has 0 aliphatic heterocycles. The Hall–Kier alpha value is -1.59. The molecule has 0 spiro atoms. The van der Waals surface area contributed by atoms with E-state index in [1.54, 1.807) is 31.2 Å². The molecule has 1 rings (SSSR count). The average molecular weight is 225 g/mol. The minimum atomic E-state index is -0.468. The molecule has 0 saturated carbocycles. The smallest absolute Gasteiger partial charge is 0.340 e. The summed E-state index contributed by atoms with van der Waals surface area (Å²) >= 11 is 0. The molecule has 0 saturated heterocycles. The Kier molecular flexibility index (Phi) is 4.75. The summed E-state index contributed by atoms with van der Waals surface area (Å²) in [5.41, 5.74) is 0.776. The summed E-state index contributed by atoms with van der Waals surface area (Å²) in [6, 6.07) is 6.64. The first-order chi connectivity index (χ1) is 7.74. The van der Waals surface area contributed by atoms with Crippen molar-refractivity contribution >= 4 is 11.7 Å². The van der Waals surface area contributed by atoms with Crippen molar-refractivity contribution in [1.82, 2.24) is 0 Å². The van der Waals surface area contributed by atoms with Crippen molar-refractivity contribution in [3.63, 3.8) is 0 Å². The van der Waals surface area contributed by atoms with E-state index in [0.717, 1.165) is 0 Å². The van der Waals surface area contributed by atoms with Gasteiger partial charge in [0.25, 0.3) is 0 Å². The van der Waals surface area contributed by atoms with Crippen LogP contribution in [0.4, 0.5) is 5.69 Å². The molecule has 1 aromatic rings. The van der Waals surface area contributed by atoms with Gasteiger partial charge in [0, 0.05) is 0 Å². The van der Waals surface area contributed by atoms with E-state index in [0.29, 0.717) is 11.3 Å². The Morgan fingerprint density at radius 1 is 1.31 bits per heavy atom. The number of para-hydroxylation sites is 1. The van der Waals surface area contributed by atoms with Crippen LogP contribution in [-0.4, -0.2) is 36.3 Å². The second kappa shape index (κ2) is 6.09. The summed E-state index contributed by atoms with van der Waals surface area (Å²) in [5.74, 6) is -0.468. The number of rotatable bonds is 5. The summed E-state index contributed by atoms with van der Waals surface area (Å²) in [7, 11) is 0. The van der Waals surface area contributed by atoms with Gasteiger partial charge < -0.3 is 19.8 Å². The predicted molar refractivity (Wildman–Crippen MR) is 59.0 cm³/mol. The van der Waals surface area contributed by atoms with E-state index in [1.807, 2.05) is 0 Å². The van der Waals surface area contributed by atoms with Crippen LogP contribution < -0.4 is 4.90 Å². The number of carbonyl (C=O) groups excluding carboxylic acids is 1. The zero-order valence-electron chi connectivity index (χ0n) is 9.09. The normalized spacial score (nSPS) is 9.94. The molecule has 0 aliphatic carbocycles. The van der Waals surface area contributed by atoms with E-state index >= 15 is 0 Å². The lowest BCUT2D eigenvalue weighted by atomic mass is 10.1. The maximum absolute atomic E-state index is 11.6. The van der Waals surface area contributed by atoms with Crippen molar-refractivity contribution in [2.75, 3.05) is 25.0 Å². The van der Waals surface area contributed by atoms with Crippen LogP contribution in [0, 0.1) is 0 Å². The van der Waals surface area contributed by atoms with Crippen LogP contribution >= 0.6 is 0 Å². The number of ether oxygens (including phenoxy) is 1. The number of aliphatic hydroxyl groups is 2. The van der Waals surface area contributed by atoms with Crippen LogP contribution in [-0.2, 0) is 4.74 Å². The van der Waals surface area contributed by atoms with Gasteiger partial charge in [-0.2, -0.15) is 0 Å². The molecule has 2 N–H and O–H groups in total. The number of esters is 1. The number of anilines is 1. The highest BCUT2D eigenvalue weighted by atomic mass is 16.5. The molecule has 88 valence electrons. The van der Waals surface area contributed by atoms with Gasteiger partial charge in [-0.15, -0.1) is 0 Å². The van der Waals surface area contributed by atoms with E-state index in [2.05, 4.69) is 0 Å². The first-order valence-corrected chi connectivity index (χ1v) is 4.97. The van der Waals surface area contributed by atoms with Gasteiger partial charge in [-0.25, -0.2) is 4.79 Å². The molecule has 0 aromatic heterocycles. The first kappa shape index (κ1) is 12.5. The SMILES string of the molecule is CCOC(=O)c1ccccc1N(CO)CO. The molecule has 0 radical (unpaired) electrons. The van der Waals surface area contributed by atoms with Crippen molar-refractivity contribution in [3.05, 3.63) is 29.8 Å². The molecule has 0 fully saturated rings. The molecule has 0 atom stereocenters. The van der Waals surface area contributed by atoms with E-state index in [4.69, 9.17) is 14.9 Å². The molecule has 0 unspecified atom stereocenters. The second-order valence-corrected chi connectivity index (χ2v) is 3.06. The Balaban J connectivity index is 3.03. The number of hydrogen-bond acceptors (Lipinski definition) is 5. The minimum Gasteiger partial charge on any atom is -0.462 e. The van der Waals surface area contributed by atoms with Crippen molar-refractivity contribution in [2.24, 2.45) is 0 Å². The lowest BCUT2D eigenvalue weighted by Crippen LogP contribution is -2.27. The highest BCUT2D eigenvalue weighted by Gasteiger charge is 2.15. The van der Waals surface area contributed by atoms with Crippen LogP contribution in [0.3, 0.4) is 0 Å². The first-order valence-electron chi connectivity index (χ1n) is 4.97. The summed E-state index contributed by atoms with van der Waals surface area (Å²) in [5, 5.41) is 18.1. The third kappa shape index (κ3) is 2.71. The number of aliphatic hydroxyl groups excluding tert-OH is 2. The Bertz CT molecular complexity index is 350. The van der Waals surface area contributed by atoms with Crippen molar-refractivity contribution < 1.29 is 19.7 Å². The van der Waals surface area contributed by atoms with Gasteiger partial charge in [0.05, 0.1) is 17.9 Å². The standard InChI is InChI=1S/C11H15NO4/c1-2-16-11(15)9-5-3-4-6-10(9)12(7-13)8-14/h3-6,13-14H,2,7-8H2,1H3. The molecular weight excluding hydrogens is 210 g/mol. The maximum Gasteiger partial charge on any atom is 0.340 e. The van der Waals surface area contributed by atoms with Crippen LogP contribution in [0.1, 0.15) is 17.3 Å². The molecule has 5 heteroatoms. The third-order valence-electron chi connectivity index (χ3n) is 2.08. The Morgan fingerprint density at radius 3 is 2.50 bits per heavy atom. The van der Waals surface area contributed by atoms with Gasteiger partial charge in [-0.3, -0.25) is 0 Å². The lowest BCUT2D eigenvalue weighted by Gasteiger charge is -2.21. The topological polar surface area (TPSA) is 70.0 Å². The third-order valence-corrected chi connectivity index (χ3v) is 2.08. The lowest BCUT2D eigenvalue weighted by molar-refractivity contribution is 0.0526. The number of nitrogens with zero attached hydrogens (tertiary/aromatic N) is 1. The van der Waals surface area contributed by atoms with Crippen molar-refractivity contribution in [2.45, 2.75) is 6.92 Å². The van der Waals surface area contributed by atoms with Crippen molar-refractivity contribution in [1.29, 1.82) is 0 Å². The van der Waals surface area contributed by atoms with Gasteiger partial charge in [-0.05, 0) is 19.1 Å². The predicted octanol–water partition coefficient (Wildman–Crippen LogP) is 0.569. The largest absolute Gasteiger partial charge is 0.462 e. The molecule has 0 heterocycles. The molecule has 0 amide bonds. The molecule has 16 heavy (non-hydrogen) atoms. The highest BCUT2D eigenvalue weighted by molar-refractivity contribution is 5.95. The highest BCUT2D eigenvalue weighted by Crippen LogP contribution is 2.20. The molecule has 0 aliphatic rings. The fourth-order valence-corrected chi connectivity index (χ4v) is 1.33. The molecule has 5 nitrogen and oxygen atoms in total. The number of carbonyl (C=O) groups is 1. The van der Waals surface area contributed by atoms with Gasteiger partial charge >= 0.3 is 5.97 Å². The monoisotopic (exact) mass is 225 g/mol. The maximum atomic E-state index is 11.6. The van der Waals surface area contributed by atoms with E-state index in [1.165, 1.54) is 4.90 Å². The van der Waals surface area contributed by atoms with Crippen molar-refractivity contribution in [3.8, 4) is 0 Å². The molecule has 1 aromatic carbocycles. The summed E-state index contributed by atoms with van der Waals surface area (Å²) < 4.78 is 4.88.